The van der Waals surface area contributed by atoms with Crippen LogP contribution in [0.1, 0.15) is 63.5 Å². The maximum absolute atomic E-state index is 12.0. The van der Waals surface area contributed by atoms with Crippen molar-refractivity contribution in [2.24, 2.45) is 0 Å². The molecule has 132 valence electrons. The zero-order valence-electron chi connectivity index (χ0n) is 14.8. The first-order valence-electron chi connectivity index (χ1n) is 8.51. The number of rotatable bonds is 4. The average Bonchev–Trinajstić information content (AvgIpc) is 3.06. The van der Waals surface area contributed by atoms with Crippen molar-refractivity contribution in [1.29, 1.82) is 0 Å². The van der Waals surface area contributed by atoms with Gasteiger partial charge in [-0.15, -0.1) is 0 Å². The molecule has 0 unspecified atom stereocenters. The highest BCUT2D eigenvalue weighted by molar-refractivity contribution is 7.80. The van der Waals surface area contributed by atoms with E-state index in [1.165, 1.54) is 11.1 Å². The largest absolute Gasteiger partial charge is 0.368 e. The van der Waals surface area contributed by atoms with Crippen LogP contribution in [0, 0.1) is 0 Å². The number of hydrazine groups is 1. The molecule has 1 saturated heterocycles. The number of benzene rings is 1. The Balaban J connectivity index is 2.03. The molecule has 2 rings (SSSR count). The number of hydrogen-bond donors (Lipinski definition) is 3. The van der Waals surface area contributed by atoms with Gasteiger partial charge in [-0.3, -0.25) is 15.6 Å². The molecule has 1 aliphatic heterocycles. The monoisotopic (exact) mass is 349 g/mol. The first-order chi connectivity index (χ1) is 11.4. The summed E-state index contributed by atoms with van der Waals surface area (Å²) in [6, 6.07) is 6.28. The van der Waals surface area contributed by atoms with Gasteiger partial charge in [-0.1, -0.05) is 45.9 Å². The van der Waals surface area contributed by atoms with Crippen LogP contribution in [0.2, 0.25) is 0 Å². The van der Waals surface area contributed by atoms with Gasteiger partial charge in [0.25, 0.3) is 5.91 Å². The van der Waals surface area contributed by atoms with E-state index in [1.807, 2.05) is 0 Å². The van der Waals surface area contributed by atoms with E-state index in [0.29, 0.717) is 23.6 Å². The zero-order valence-corrected chi connectivity index (χ0v) is 15.6. The Morgan fingerprint density at radius 1 is 1.17 bits per heavy atom. The number of thiocarbonyl (C=S) groups is 1. The normalized spacial score (nSPS) is 17.2. The molecule has 3 N–H and O–H groups in total. The molecule has 1 fully saturated rings. The third kappa shape index (κ3) is 4.68. The molecule has 0 spiro atoms. The second-order valence-corrected chi connectivity index (χ2v) is 7.10. The third-order valence-electron chi connectivity index (χ3n) is 4.13. The first kappa shape index (κ1) is 18.7. The lowest BCUT2D eigenvalue weighted by molar-refractivity contribution is -0.130. The molecule has 0 bridgehead atoms. The predicted octanol–water partition coefficient (Wildman–Crippen LogP) is 3.43. The molecule has 6 heteroatoms. The van der Waals surface area contributed by atoms with E-state index in [-0.39, 0.29) is 12.0 Å². The predicted molar refractivity (Wildman–Crippen MR) is 101 cm³/mol. The lowest BCUT2D eigenvalue weighted by Gasteiger charge is -2.22. The third-order valence-corrected chi connectivity index (χ3v) is 4.34. The van der Waals surface area contributed by atoms with Gasteiger partial charge in [0.1, 0.15) is 6.10 Å². The minimum Gasteiger partial charge on any atom is -0.368 e. The second kappa shape index (κ2) is 8.44. The van der Waals surface area contributed by atoms with E-state index in [0.717, 1.165) is 18.5 Å². The molecule has 1 aromatic rings. The van der Waals surface area contributed by atoms with Gasteiger partial charge in [-0.25, -0.2) is 0 Å². The van der Waals surface area contributed by atoms with E-state index in [2.05, 4.69) is 62.1 Å². The van der Waals surface area contributed by atoms with E-state index < -0.39 is 0 Å². The van der Waals surface area contributed by atoms with Crippen molar-refractivity contribution >= 4 is 28.9 Å². The molecule has 1 amide bonds. The highest BCUT2D eigenvalue weighted by Gasteiger charge is 2.23. The fourth-order valence-corrected chi connectivity index (χ4v) is 2.98. The number of para-hydroxylation sites is 1. The molecule has 5 nitrogen and oxygen atoms in total. The van der Waals surface area contributed by atoms with Crippen LogP contribution >= 0.6 is 12.2 Å². The highest BCUT2D eigenvalue weighted by Crippen LogP contribution is 2.32. The Morgan fingerprint density at radius 2 is 1.79 bits per heavy atom. The summed E-state index contributed by atoms with van der Waals surface area (Å²) < 4.78 is 5.35. The molecule has 1 heterocycles. The van der Waals surface area contributed by atoms with Crippen molar-refractivity contribution < 1.29 is 9.53 Å². The molecular weight excluding hydrogens is 322 g/mol. The molecule has 1 aromatic carbocycles. The van der Waals surface area contributed by atoms with Crippen molar-refractivity contribution in [1.82, 2.24) is 10.9 Å². The fourth-order valence-electron chi connectivity index (χ4n) is 2.82. The van der Waals surface area contributed by atoms with Gasteiger partial charge in [0.05, 0.1) is 0 Å². The van der Waals surface area contributed by atoms with Crippen LogP contribution in [0.15, 0.2) is 18.2 Å². The first-order valence-corrected chi connectivity index (χ1v) is 8.92. The van der Waals surface area contributed by atoms with E-state index >= 15 is 0 Å². The number of anilines is 1. The molecule has 0 saturated carbocycles. The number of nitrogens with one attached hydrogen (secondary N) is 3. The van der Waals surface area contributed by atoms with Crippen LogP contribution < -0.4 is 16.2 Å². The molecule has 1 aliphatic rings. The SMILES string of the molecule is CC(C)c1cccc(C(C)C)c1NC(=S)NNC(=O)[C@@H]1CCCO1. The van der Waals surface area contributed by atoms with Crippen molar-refractivity contribution in [2.45, 2.75) is 58.5 Å². The molecule has 0 radical (unpaired) electrons. The summed E-state index contributed by atoms with van der Waals surface area (Å²) in [5, 5.41) is 3.62. The maximum atomic E-state index is 12.0. The standard InChI is InChI=1S/C18H27N3O2S/c1-11(2)13-7-5-8-14(12(3)4)16(13)19-18(24)21-20-17(22)15-9-6-10-23-15/h5,7-8,11-12,15H,6,9-10H2,1-4H3,(H,20,22)(H2,19,21,24)/t15-/m0/s1. The summed E-state index contributed by atoms with van der Waals surface area (Å²) in [6.07, 6.45) is 1.29. The van der Waals surface area contributed by atoms with Crippen LogP contribution in [0.3, 0.4) is 0 Å². The van der Waals surface area contributed by atoms with Gasteiger partial charge < -0.3 is 10.1 Å². The summed E-state index contributed by atoms with van der Waals surface area (Å²) in [4.78, 5) is 12.0. The lowest BCUT2D eigenvalue weighted by Crippen LogP contribution is -2.47. The minimum absolute atomic E-state index is 0.183. The molecular formula is C18H27N3O2S. The summed E-state index contributed by atoms with van der Waals surface area (Å²) in [6.45, 7) is 9.25. The van der Waals surface area contributed by atoms with Gasteiger partial charge in [-0.2, -0.15) is 0 Å². The van der Waals surface area contributed by atoms with Gasteiger partial charge >= 0.3 is 0 Å². The molecule has 1 atom stereocenters. The quantitative estimate of drug-likeness (QED) is 0.574. The van der Waals surface area contributed by atoms with Gasteiger partial charge in [0.15, 0.2) is 5.11 Å². The Morgan fingerprint density at radius 3 is 2.29 bits per heavy atom. The number of amides is 1. The van der Waals surface area contributed by atoms with E-state index in [1.54, 1.807) is 0 Å². The number of hydrogen-bond acceptors (Lipinski definition) is 3. The summed E-state index contributed by atoms with van der Waals surface area (Å²) in [7, 11) is 0. The van der Waals surface area contributed by atoms with Crippen LogP contribution in [-0.2, 0) is 9.53 Å². The maximum Gasteiger partial charge on any atom is 0.267 e. The van der Waals surface area contributed by atoms with Crippen molar-refractivity contribution in [3.05, 3.63) is 29.3 Å². The summed E-state index contributed by atoms with van der Waals surface area (Å²) in [5.41, 5.74) is 8.83. The van der Waals surface area contributed by atoms with Gasteiger partial charge in [0, 0.05) is 12.3 Å². The van der Waals surface area contributed by atoms with Crippen LogP contribution in [-0.4, -0.2) is 23.7 Å². The molecule has 24 heavy (non-hydrogen) atoms. The Labute approximate surface area is 149 Å². The minimum atomic E-state index is -0.380. The average molecular weight is 350 g/mol. The Bertz CT molecular complexity index is 570. The summed E-state index contributed by atoms with van der Waals surface area (Å²) in [5.74, 6) is 0.559. The number of carbonyl (C=O) groups excluding carboxylic acids is 1. The van der Waals surface area contributed by atoms with E-state index in [9.17, 15) is 4.79 Å². The Hall–Kier alpha value is -1.66. The fraction of sp³-hybridized carbons (Fsp3) is 0.556. The van der Waals surface area contributed by atoms with Crippen molar-refractivity contribution in [2.75, 3.05) is 11.9 Å². The zero-order chi connectivity index (χ0) is 17.7. The van der Waals surface area contributed by atoms with Gasteiger partial charge in [-0.05, 0) is 48.0 Å². The van der Waals surface area contributed by atoms with Gasteiger partial charge in [0.2, 0.25) is 0 Å². The van der Waals surface area contributed by atoms with Crippen LogP contribution in [0.25, 0.3) is 0 Å². The smallest absolute Gasteiger partial charge is 0.267 e. The molecule has 0 aromatic heterocycles. The number of carbonyl (C=O) groups is 1. The van der Waals surface area contributed by atoms with Crippen LogP contribution in [0.4, 0.5) is 5.69 Å². The topological polar surface area (TPSA) is 62.4 Å². The van der Waals surface area contributed by atoms with Crippen LogP contribution in [0.5, 0.6) is 0 Å². The highest BCUT2D eigenvalue weighted by atomic mass is 32.1. The van der Waals surface area contributed by atoms with Crippen molar-refractivity contribution in [3.8, 4) is 0 Å². The second-order valence-electron chi connectivity index (χ2n) is 6.69. The molecule has 0 aliphatic carbocycles. The number of ether oxygens (including phenoxy) is 1. The lowest BCUT2D eigenvalue weighted by atomic mass is 9.93. The van der Waals surface area contributed by atoms with Crippen molar-refractivity contribution in [3.63, 3.8) is 0 Å². The Kier molecular flexibility index (Phi) is 6.57. The van der Waals surface area contributed by atoms with E-state index in [4.69, 9.17) is 17.0 Å². The summed E-state index contributed by atoms with van der Waals surface area (Å²) >= 11 is 5.34.